The molecule has 0 aliphatic heterocycles. The molecule has 5 heteroatoms. The van der Waals surface area contributed by atoms with E-state index >= 15 is 0 Å². The van der Waals surface area contributed by atoms with Crippen molar-refractivity contribution in [3.05, 3.63) is 24.3 Å². The molecule has 0 bridgehead atoms. The van der Waals surface area contributed by atoms with Crippen molar-refractivity contribution in [1.29, 1.82) is 0 Å². The molecule has 1 N–H and O–H groups in total. The fourth-order valence-corrected chi connectivity index (χ4v) is 1.56. The third-order valence-corrected chi connectivity index (χ3v) is 2.99. The second kappa shape index (κ2) is 5.73. The highest BCUT2D eigenvalue weighted by molar-refractivity contribution is 5.73. The SMILES string of the molecule is CC(C)N(C)CCNc1nnc2ccccc2n1. The summed E-state index contributed by atoms with van der Waals surface area (Å²) < 4.78 is 0. The van der Waals surface area contributed by atoms with Crippen LogP contribution in [0.25, 0.3) is 11.0 Å². The number of nitrogens with one attached hydrogen (secondary N) is 1. The van der Waals surface area contributed by atoms with E-state index in [0.717, 1.165) is 24.1 Å². The van der Waals surface area contributed by atoms with Crippen LogP contribution in [0.1, 0.15) is 13.8 Å². The molecule has 0 saturated heterocycles. The number of fused-ring (bicyclic) bond motifs is 1. The monoisotopic (exact) mass is 245 g/mol. The molecule has 0 radical (unpaired) electrons. The third kappa shape index (κ3) is 3.13. The van der Waals surface area contributed by atoms with Crippen molar-refractivity contribution >= 4 is 17.0 Å². The Labute approximate surface area is 107 Å². The summed E-state index contributed by atoms with van der Waals surface area (Å²) in [7, 11) is 2.10. The summed E-state index contributed by atoms with van der Waals surface area (Å²) >= 11 is 0. The summed E-state index contributed by atoms with van der Waals surface area (Å²) in [5.41, 5.74) is 1.69. The normalized spacial score (nSPS) is 11.4. The van der Waals surface area contributed by atoms with Crippen LogP contribution in [-0.4, -0.2) is 46.3 Å². The maximum Gasteiger partial charge on any atom is 0.243 e. The summed E-state index contributed by atoms with van der Waals surface area (Å²) in [6.45, 7) is 6.12. The zero-order valence-electron chi connectivity index (χ0n) is 11.1. The van der Waals surface area contributed by atoms with Crippen LogP contribution in [0, 0.1) is 0 Å². The molecule has 1 heterocycles. The quantitative estimate of drug-likeness (QED) is 0.870. The third-order valence-electron chi connectivity index (χ3n) is 2.99. The highest BCUT2D eigenvalue weighted by atomic mass is 15.2. The average molecular weight is 245 g/mol. The van der Waals surface area contributed by atoms with Crippen molar-refractivity contribution in [2.45, 2.75) is 19.9 Å². The van der Waals surface area contributed by atoms with E-state index in [1.54, 1.807) is 0 Å². The lowest BCUT2D eigenvalue weighted by molar-refractivity contribution is 0.284. The Balaban J connectivity index is 1.96. The van der Waals surface area contributed by atoms with Crippen LogP contribution in [-0.2, 0) is 0 Å². The molecule has 0 aliphatic rings. The van der Waals surface area contributed by atoms with Gasteiger partial charge in [0, 0.05) is 19.1 Å². The minimum atomic E-state index is 0.544. The van der Waals surface area contributed by atoms with Gasteiger partial charge in [-0.3, -0.25) is 0 Å². The number of anilines is 1. The zero-order chi connectivity index (χ0) is 13.0. The van der Waals surface area contributed by atoms with Gasteiger partial charge in [0.15, 0.2) is 0 Å². The van der Waals surface area contributed by atoms with E-state index in [1.807, 2.05) is 24.3 Å². The fourth-order valence-electron chi connectivity index (χ4n) is 1.56. The first-order valence-corrected chi connectivity index (χ1v) is 6.20. The Hall–Kier alpha value is -1.75. The summed E-state index contributed by atoms with van der Waals surface area (Å²) in [4.78, 5) is 6.68. The highest BCUT2D eigenvalue weighted by Crippen LogP contribution is 2.08. The van der Waals surface area contributed by atoms with Crippen LogP contribution in [0.3, 0.4) is 0 Å². The van der Waals surface area contributed by atoms with Crippen molar-refractivity contribution in [3.63, 3.8) is 0 Å². The Kier molecular flexibility index (Phi) is 4.04. The lowest BCUT2D eigenvalue weighted by Crippen LogP contribution is -2.31. The van der Waals surface area contributed by atoms with E-state index in [-0.39, 0.29) is 0 Å². The molecule has 0 aliphatic carbocycles. The maximum atomic E-state index is 4.41. The van der Waals surface area contributed by atoms with E-state index in [4.69, 9.17) is 0 Å². The van der Waals surface area contributed by atoms with Gasteiger partial charge in [-0.25, -0.2) is 4.98 Å². The second-order valence-electron chi connectivity index (χ2n) is 4.63. The van der Waals surface area contributed by atoms with Crippen LogP contribution in [0.5, 0.6) is 0 Å². The molecule has 96 valence electrons. The Morgan fingerprint density at radius 1 is 1.17 bits per heavy atom. The molecule has 18 heavy (non-hydrogen) atoms. The first-order valence-electron chi connectivity index (χ1n) is 6.20. The number of rotatable bonds is 5. The van der Waals surface area contributed by atoms with Gasteiger partial charge in [0.2, 0.25) is 5.95 Å². The maximum absolute atomic E-state index is 4.41. The topological polar surface area (TPSA) is 53.9 Å². The molecule has 0 atom stereocenters. The minimum Gasteiger partial charge on any atom is -0.352 e. The lowest BCUT2D eigenvalue weighted by Gasteiger charge is -2.20. The van der Waals surface area contributed by atoms with Gasteiger partial charge in [0.1, 0.15) is 5.52 Å². The van der Waals surface area contributed by atoms with Crippen molar-refractivity contribution in [1.82, 2.24) is 20.1 Å². The molecule has 0 fully saturated rings. The largest absolute Gasteiger partial charge is 0.352 e. The number of hydrogen-bond acceptors (Lipinski definition) is 5. The molecular weight excluding hydrogens is 226 g/mol. The molecule has 2 rings (SSSR count). The summed E-state index contributed by atoms with van der Waals surface area (Å²) in [6.07, 6.45) is 0. The van der Waals surface area contributed by atoms with E-state index in [9.17, 15) is 0 Å². The molecule has 1 aromatic carbocycles. The molecule has 2 aromatic rings. The number of likely N-dealkylation sites (N-methyl/N-ethyl adjacent to an activating group) is 1. The predicted molar refractivity (Wildman–Crippen MR) is 73.6 cm³/mol. The standard InChI is InChI=1S/C13H19N5/c1-10(2)18(3)9-8-14-13-15-11-6-4-5-7-12(11)16-17-13/h4-7,10H,8-9H2,1-3H3,(H,14,15,17). The first kappa shape index (κ1) is 12.7. The van der Waals surface area contributed by atoms with Gasteiger partial charge < -0.3 is 10.2 Å². The number of benzene rings is 1. The molecule has 0 spiro atoms. The van der Waals surface area contributed by atoms with Crippen molar-refractivity contribution in [2.75, 3.05) is 25.5 Å². The van der Waals surface area contributed by atoms with Crippen LogP contribution in [0.2, 0.25) is 0 Å². The predicted octanol–water partition coefficient (Wildman–Crippen LogP) is 1.78. The smallest absolute Gasteiger partial charge is 0.243 e. The first-order chi connectivity index (χ1) is 8.66. The zero-order valence-corrected chi connectivity index (χ0v) is 11.1. The number of nitrogens with zero attached hydrogens (tertiary/aromatic N) is 4. The van der Waals surface area contributed by atoms with Crippen LogP contribution < -0.4 is 5.32 Å². The Morgan fingerprint density at radius 3 is 2.61 bits per heavy atom. The van der Waals surface area contributed by atoms with Gasteiger partial charge in [-0.1, -0.05) is 12.1 Å². The van der Waals surface area contributed by atoms with Crippen molar-refractivity contribution in [2.24, 2.45) is 0 Å². The molecule has 0 saturated carbocycles. The highest BCUT2D eigenvalue weighted by Gasteiger charge is 2.03. The molecule has 1 aromatic heterocycles. The van der Waals surface area contributed by atoms with Crippen LogP contribution in [0.4, 0.5) is 5.95 Å². The van der Waals surface area contributed by atoms with Crippen molar-refractivity contribution < 1.29 is 0 Å². The molecule has 5 nitrogen and oxygen atoms in total. The van der Waals surface area contributed by atoms with Gasteiger partial charge in [-0.15, -0.1) is 10.2 Å². The summed E-state index contributed by atoms with van der Waals surface area (Å²) in [5.74, 6) is 0.589. The number of aromatic nitrogens is 3. The molecular formula is C13H19N5. The van der Waals surface area contributed by atoms with Crippen molar-refractivity contribution in [3.8, 4) is 0 Å². The summed E-state index contributed by atoms with van der Waals surface area (Å²) in [5, 5.41) is 11.4. The minimum absolute atomic E-state index is 0.544. The summed E-state index contributed by atoms with van der Waals surface area (Å²) in [6, 6.07) is 8.28. The van der Waals surface area contributed by atoms with E-state index in [1.165, 1.54) is 0 Å². The van der Waals surface area contributed by atoms with E-state index in [2.05, 4.69) is 46.3 Å². The van der Waals surface area contributed by atoms with Gasteiger partial charge in [0.05, 0.1) is 5.52 Å². The molecule has 0 unspecified atom stereocenters. The van der Waals surface area contributed by atoms with Gasteiger partial charge in [-0.05, 0) is 33.0 Å². The van der Waals surface area contributed by atoms with Crippen LogP contribution in [0.15, 0.2) is 24.3 Å². The number of para-hydroxylation sites is 1. The number of hydrogen-bond donors (Lipinski definition) is 1. The van der Waals surface area contributed by atoms with E-state index in [0.29, 0.717) is 12.0 Å². The van der Waals surface area contributed by atoms with Crippen LogP contribution >= 0.6 is 0 Å². The fraction of sp³-hybridized carbons (Fsp3) is 0.462. The Bertz CT molecular complexity index is 511. The average Bonchev–Trinajstić information content (AvgIpc) is 2.38. The van der Waals surface area contributed by atoms with Gasteiger partial charge in [-0.2, -0.15) is 0 Å². The second-order valence-corrected chi connectivity index (χ2v) is 4.63. The lowest BCUT2D eigenvalue weighted by atomic mass is 10.3. The van der Waals surface area contributed by atoms with Gasteiger partial charge in [0.25, 0.3) is 0 Å². The molecule has 0 amide bonds. The Morgan fingerprint density at radius 2 is 1.89 bits per heavy atom. The van der Waals surface area contributed by atoms with Gasteiger partial charge >= 0.3 is 0 Å². The van der Waals surface area contributed by atoms with E-state index < -0.39 is 0 Å².